The molecule has 1 saturated carbocycles. The molecule has 1 amide bonds. The fraction of sp³-hybridized carbons (Fsp3) is 0.786. The number of allylic oxidation sites excluding steroid dienone is 2. The predicted octanol–water partition coefficient (Wildman–Crippen LogP) is 1.98. The van der Waals surface area contributed by atoms with Crippen LogP contribution in [0.25, 0.3) is 0 Å². The van der Waals surface area contributed by atoms with Crippen LogP contribution in [0.5, 0.6) is 0 Å². The molecule has 0 aliphatic heterocycles. The summed E-state index contributed by atoms with van der Waals surface area (Å²) in [5.41, 5.74) is 5.72. The molecule has 0 bridgehead atoms. The summed E-state index contributed by atoms with van der Waals surface area (Å²) in [4.78, 5) is 12.2. The van der Waals surface area contributed by atoms with Crippen LogP contribution in [-0.4, -0.2) is 18.5 Å². The van der Waals surface area contributed by atoms with Crippen molar-refractivity contribution in [2.45, 2.75) is 51.5 Å². The molecule has 3 nitrogen and oxygen atoms in total. The zero-order valence-electron chi connectivity index (χ0n) is 10.7. The highest BCUT2D eigenvalue weighted by molar-refractivity contribution is 5.83. The second-order valence-corrected chi connectivity index (χ2v) is 5.78. The van der Waals surface area contributed by atoms with Crippen LogP contribution in [0.1, 0.15) is 45.4 Å². The lowest BCUT2D eigenvalue weighted by Gasteiger charge is -2.29. The highest BCUT2D eigenvalue weighted by Crippen LogP contribution is 2.36. The number of nitrogens with two attached hydrogens (primary N) is 1. The molecule has 96 valence electrons. The van der Waals surface area contributed by atoms with Crippen LogP contribution in [0.3, 0.4) is 0 Å². The number of nitrogens with one attached hydrogen (secondary N) is 1. The molecule has 0 radical (unpaired) electrons. The summed E-state index contributed by atoms with van der Waals surface area (Å²) >= 11 is 0. The fourth-order valence-electron chi connectivity index (χ4n) is 2.96. The molecule has 3 atom stereocenters. The quantitative estimate of drug-likeness (QED) is 0.736. The Kier molecular flexibility index (Phi) is 3.87. The molecule has 0 heterocycles. The largest absolute Gasteiger partial charge is 0.355 e. The third kappa shape index (κ3) is 2.71. The third-order valence-corrected chi connectivity index (χ3v) is 4.48. The van der Waals surface area contributed by atoms with Crippen LogP contribution in [-0.2, 0) is 4.79 Å². The second kappa shape index (κ2) is 5.21. The van der Waals surface area contributed by atoms with Gasteiger partial charge < -0.3 is 11.1 Å². The van der Waals surface area contributed by atoms with Crippen molar-refractivity contribution in [2.24, 2.45) is 17.1 Å². The van der Waals surface area contributed by atoms with E-state index in [-0.39, 0.29) is 17.4 Å². The first-order chi connectivity index (χ1) is 8.13. The number of hydrogen-bond donors (Lipinski definition) is 2. The van der Waals surface area contributed by atoms with E-state index in [1.54, 1.807) is 0 Å². The van der Waals surface area contributed by atoms with E-state index in [1.807, 2.05) is 6.92 Å². The van der Waals surface area contributed by atoms with E-state index in [0.717, 1.165) is 38.6 Å². The molecule has 2 rings (SSSR count). The van der Waals surface area contributed by atoms with Gasteiger partial charge in [0.25, 0.3) is 0 Å². The molecular formula is C14H24N2O. The molecule has 0 aromatic rings. The Morgan fingerprint density at radius 1 is 1.47 bits per heavy atom. The number of rotatable bonds is 3. The fourth-order valence-corrected chi connectivity index (χ4v) is 2.96. The molecule has 3 heteroatoms. The Hall–Kier alpha value is -0.830. The van der Waals surface area contributed by atoms with Gasteiger partial charge in [-0.05, 0) is 44.9 Å². The van der Waals surface area contributed by atoms with Crippen LogP contribution in [0.15, 0.2) is 12.2 Å². The maximum absolute atomic E-state index is 12.2. The highest BCUT2D eigenvalue weighted by atomic mass is 16.2. The van der Waals surface area contributed by atoms with E-state index in [0.29, 0.717) is 5.92 Å². The van der Waals surface area contributed by atoms with Crippen molar-refractivity contribution >= 4 is 5.91 Å². The lowest BCUT2D eigenvalue weighted by Crippen LogP contribution is -2.48. The van der Waals surface area contributed by atoms with Crippen molar-refractivity contribution in [2.75, 3.05) is 6.54 Å². The van der Waals surface area contributed by atoms with Gasteiger partial charge in [0.2, 0.25) is 5.91 Å². The van der Waals surface area contributed by atoms with Gasteiger partial charge in [-0.1, -0.05) is 18.6 Å². The standard InChI is InChI=1S/C14H24N2O/c1-14(9-5-8-12(14)15)13(17)16-10-11-6-3-2-4-7-11/h2-3,11-12H,4-10,15H2,1H3,(H,16,17). The van der Waals surface area contributed by atoms with E-state index in [9.17, 15) is 4.79 Å². The summed E-state index contributed by atoms with van der Waals surface area (Å²) in [6.45, 7) is 2.83. The predicted molar refractivity (Wildman–Crippen MR) is 69.4 cm³/mol. The monoisotopic (exact) mass is 236 g/mol. The van der Waals surface area contributed by atoms with E-state index >= 15 is 0 Å². The Morgan fingerprint density at radius 3 is 2.88 bits per heavy atom. The normalized spacial score (nSPS) is 37.1. The van der Waals surface area contributed by atoms with Gasteiger partial charge in [0, 0.05) is 12.6 Å². The third-order valence-electron chi connectivity index (χ3n) is 4.48. The number of carbonyl (C=O) groups excluding carboxylic acids is 1. The molecule has 0 saturated heterocycles. The summed E-state index contributed by atoms with van der Waals surface area (Å²) in [7, 11) is 0. The van der Waals surface area contributed by atoms with Crippen LogP contribution < -0.4 is 11.1 Å². The summed E-state index contributed by atoms with van der Waals surface area (Å²) in [5, 5.41) is 3.11. The van der Waals surface area contributed by atoms with Gasteiger partial charge >= 0.3 is 0 Å². The lowest BCUT2D eigenvalue weighted by molar-refractivity contribution is -0.130. The van der Waals surface area contributed by atoms with Crippen molar-refractivity contribution in [3.05, 3.63) is 12.2 Å². The number of hydrogen-bond acceptors (Lipinski definition) is 2. The summed E-state index contributed by atoms with van der Waals surface area (Å²) in [6, 6.07) is 0.0359. The van der Waals surface area contributed by atoms with Crippen molar-refractivity contribution in [3.8, 4) is 0 Å². The lowest BCUT2D eigenvalue weighted by atomic mass is 9.84. The zero-order chi connectivity index (χ0) is 12.3. The van der Waals surface area contributed by atoms with Crippen LogP contribution in [0.4, 0.5) is 0 Å². The molecule has 0 aromatic carbocycles. The number of amides is 1. The average molecular weight is 236 g/mol. The highest BCUT2D eigenvalue weighted by Gasteiger charge is 2.42. The second-order valence-electron chi connectivity index (χ2n) is 5.78. The molecule has 2 aliphatic carbocycles. The first-order valence-electron chi connectivity index (χ1n) is 6.82. The summed E-state index contributed by atoms with van der Waals surface area (Å²) < 4.78 is 0. The summed E-state index contributed by atoms with van der Waals surface area (Å²) in [6.07, 6.45) is 10.9. The smallest absolute Gasteiger partial charge is 0.227 e. The van der Waals surface area contributed by atoms with Gasteiger partial charge in [-0.3, -0.25) is 4.79 Å². The molecule has 2 aliphatic rings. The van der Waals surface area contributed by atoms with Crippen molar-refractivity contribution in [1.82, 2.24) is 5.32 Å². The van der Waals surface area contributed by atoms with Crippen molar-refractivity contribution in [3.63, 3.8) is 0 Å². The van der Waals surface area contributed by atoms with E-state index in [1.165, 1.54) is 6.42 Å². The maximum atomic E-state index is 12.2. The van der Waals surface area contributed by atoms with Gasteiger partial charge in [-0.15, -0.1) is 0 Å². The molecule has 3 unspecified atom stereocenters. The van der Waals surface area contributed by atoms with Gasteiger partial charge in [-0.25, -0.2) is 0 Å². The van der Waals surface area contributed by atoms with Crippen LogP contribution in [0.2, 0.25) is 0 Å². The molecule has 0 aromatic heterocycles. The zero-order valence-corrected chi connectivity index (χ0v) is 10.7. The topological polar surface area (TPSA) is 55.1 Å². The minimum Gasteiger partial charge on any atom is -0.355 e. The molecular weight excluding hydrogens is 212 g/mol. The number of carbonyl (C=O) groups is 1. The first kappa shape index (κ1) is 12.6. The Bertz CT molecular complexity index is 313. The maximum Gasteiger partial charge on any atom is 0.227 e. The first-order valence-corrected chi connectivity index (χ1v) is 6.82. The molecule has 1 fully saturated rings. The van der Waals surface area contributed by atoms with Crippen LogP contribution >= 0.6 is 0 Å². The van der Waals surface area contributed by atoms with Gasteiger partial charge in [-0.2, -0.15) is 0 Å². The summed E-state index contributed by atoms with van der Waals surface area (Å²) in [5.74, 6) is 0.780. The van der Waals surface area contributed by atoms with E-state index < -0.39 is 0 Å². The van der Waals surface area contributed by atoms with Gasteiger partial charge in [0.05, 0.1) is 5.41 Å². The van der Waals surface area contributed by atoms with Gasteiger partial charge in [0.15, 0.2) is 0 Å². The van der Waals surface area contributed by atoms with E-state index in [2.05, 4.69) is 17.5 Å². The van der Waals surface area contributed by atoms with E-state index in [4.69, 9.17) is 5.73 Å². The van der Waals surface area contributed by atoms with Crippen molar-refractivity contribution < 1.29 is 4.79 Å². The SMILES string of the molecule is CC1(C(=O)NCC2CC=CCC2)CCCC1N. The molecule has 3 N–H and O–H groups in total. The van der Waals surface area contributed by atoms with Gasteiger partial charge in [0.1, 0.15) is 0 Å². The Labute approximate surface area is 104 Å². The Morgan fingerprint density at radius 2 is 2.29 bits per heavy atom. The van der Waals surface area contributed by atoms with Crippen molar-refractivity contribution in [1.29, 1.82) is 0 Å². The Balaban J connectivity index is 1.82. The average Bonchev–Trinajstić information content (AvgIpc) is 2.69. The van der Waals surface area contributed by atoms with Crippen LogP contribution in [0, 0.1) is 11.3 Å². The molecule has 17 heavy (non-hydrogen) atoms. The minimum atomic E-state index is -0.329. The minimum absolute atomic E-state index is 0.0359. The molecule has 0 spiro atoms.